The number of halogens is 1. The van der Waals surface area contributed by atoms with Crippen molar-refractivity contribution in [3.8, 4) is 11.8 Å². The minimum Gasteiger partial charge on any atom is -0.395 e. The molecule has 0 aliphatic carbocycles. The van der Waals surface area contributed by atoms with Gasteiger partial charge in [0, 0.05) is 23.6 Å². The molecule has 0 aliphatic rings. The van der Waals surface area contributed by atoms with Gasteiger partial charge in [-0.2, -0.15) is 0 Å². The van der Waals surface area contributed by atoms with Crippen LogP contribution in [0.25, 0.3) is 0 Å². The van der Waals surface area contributed by atoms with Gasteiger partial charge in [-0.3, -0.25) is 4.79 Å². The molecule has 0 saturated carbocycles. The third-order valence-electron chi connectivity index (χ3n) is 3.25. The maximum Gasteiger partial charge on any atom is 0.251 e. The summed E-state index contributed by atoms with van der Waals surface area (Å²) in [5.74, 6) is 5.96. The Morgan fingerprint density at radius 3 is 2.67 bits per heavy atom. The first-order chi connectivity index (χ1) is 9.99. The SMILES string of the molecule is CCC(NC(=O)c1ccc(C#CCCO)c(Cl)c1)C(C)C. The molecule has 1 aromatic carbocycles. The van der Waals surface area contributed by atoms with Gasteiger partial charge in [-0.1, -0.05) is 44.2 Å². The minimum absolute atomic E-state index is 0.0265. The number of amides is 1. The molecule has 0 aromatic heterocycles. The van der Waals surface area contributed by atoms with E-state index in [1.165, 1.54) is 0 Å². The molecule has 114 valence electrons. The van der Waals surface area contributed by atoms with E-state index in [-0.39, 0.29) is 18.6 Å². The fourth-order valence-electron chi connectivity index (χ4n) is 1.96. The van der Waals surface area contributed by atoms with Crippen LogP contribution in [0.4, 0.5) is 0 Å². The zero-order chi connectivity index (χ0) is 15.8. The maximum absolute atomic E-state index is 12.2. The lowest BCUT2D eigenvalue weighted by molar-refractivity contribution is 0.0924. The third-order valence-corrected chi connectivity index (χ3v) is 3.56. The Kier molecular flexibility index (Phi) is 7.28. The Morgan fingerprint density at radius 2 is 2.14 bits per heavy atom. The van der Waals surface area contributed by atoms with Gasteiger partial charge in [0.15, 0.2) is 0 Å². The van der Waals surface area contributed by atoms with E-state index in [1.807, 2.05) is 0 Å². The molecule has 0 fully saturated rings. The Hall–Kier alpha value is -1.50. The van der Waals surface area contributed by atoms with Crippen LogP contribution in [0.1, 0.15) is 49.5 Å². The van der Waals surface area contributed by atoms with Gasteiger partial charge in [-0.05, 0) is 30.5 Å². The predicted molar refractivity (Wildman–Crippen MR) is 86.4 cm³/mol. The van der Waals surface area contributed by atoms with Crippen LogP contribution < -0.4 is 5.32 Å². The van der Waals surface area contributed by atoms with E-state index in [0.29, 0.717) is 28.5 Å². The monoisotopic (exact) mass is 307 g/mol. The van der Waals surface area contributed by atoms with Gasteiger partial charge < -0.3 is 10.4 Å². The van der Waals surface area contributed by atoms with E-state index < -0.39 is 0 Å². The molecule has 1 aromatic rings. The molecule has 21 heavy (non-hydrogen) atoms. The van der Waals surface area contributed by atoms with Crippen LogP contribution in [0.5, 0.6) is 0 Å². The summed E-state index contributed by atoms with van der Waals surface area (Å²) >= 11 is 6.14. The zero-order valence-electron chi connectivity index (χ0n) is 12.7. The summed E-state index contributed by atoms with van der Waals surface area (Å²) in [5, 5.41) is 12.2. The topological polar surface area (TPSA) is 49.3 Å². The van der Waals surface area contributed by atoms with Crippen molar-refractivity contribution in [1.29, 1.82) is 0 Å². The third kappa shape index (κ3) is 5.41. The number of benzene rings is 1. The minimum atomic E-state index is -0.118. The van der Waals surface area contributed by atoms with Crippen molar-refractivity contribution in [2.75, 3.05) is 6.61 Å². The van der Waals surface area contributed by atoms with E-state index in [9.17, 15) is 4.79 Å². The van der Waals surface area contributed by atoms with Crippen LogP contribution in [0, 0.1) is 17.8 Å². The van der Waals surface area contributed by atoms with Crippen LogP contribution in [-0.4, -0.2) is 23.7 Å². The second-order valence-corrected chi connectivity index (χ2v) is 5.61. The largest absolute Gasteiger partial charge is 0.395 e. The molecule has 3 nitrogen and oxygen atoms in total. The predicted octanol–water partition coefficient (Wildman–Crippen LogP) is 3.24. The average molecular weight is 308 g/mol. The molecule has 1 rings (SSSR count). The number of hydrogen-bond donors (Lipinski definition) is 2. The van der Waals surface area contributed by atoms with Crippen molar-refractivity contribution < 1.29 is 9.90 Å². The molecular weight excluding hydrogens is 286 g/mol. The van der Waals surface area contributed by atoms with Crippen LogP contribution in [0.3, 0.4) is 0 Å². The first kappa shape index (κ1) is 17.6. The molecule has 4 heteroatoms. The lowest BCUT2D eigenvalue weighted by Gasteiger charge is -2.20. The molecule has 1 unspecified atom stereocenters. The Labute approximate surface area is 131 Å². The van der Waals surface area contributed by atoms with Gasteiger partial charge in [0.25, 0.3) is 5.91 Å². The van der Waals surface area contributed by atoms with E-state index in [1.54, 1.807) is 18.2 Å². The van der Waals surface area contributed by atoms with Gasteiger partial charge in [-0.15, -0.1) is 0 Å². The quantitative estimate of drug-likeness (QED) is 0.821. The van der Waals surface area contributed by atoms with Gasteiger partial charge in [-0.25, -0.2) is 0 Å². The van der Waals surface area contributed by atoms with Crippen LogP contribution >= 0.6 is 11.6 Å². The summed E-state index contributed by atoms with van der Waals surface area (Å²) in [6.07, 6.45) is 1.30. The molecule has 2 N–H and O–H groups in total. The van der Waals surface area contributed by atoms with Crippen molar-refractivity contribution in [3.05, 3.63) is 34.3 Å². The summed E-state index contributed by atoms with van der Waals surface area (Å²) in [6.45, 7) is 6.25. The first-order valence-electron chi connectivity index (χ1n) is 7.19. The number of carbonyl (C=O) groups is 1. The lowest BCUT2D eigenvalue weighted by Crippen LogP contribution is -2.38. The lowest BCUT2D eigenvalue weighted by atomic mass is 10.0. The number of aliphatic hydroxyl groups excluding tert-OH is 1. The van der Waals surface area contributed by atoms with Gasteiger partial charge in [0.05, 0.1) is 11.6 Å². The second-order valence-electron chi connectivity index (χ2n) is 5.20. The molecule has 1 atom stereocenters. The van der Waals surface area contributed by atoms with Crippen LogP contribution in [-0.2, 0) is 0 Å². The average Bonchev–Trinajstić information content (AvgIpc) is 2.45. The number of hydrogen-bond acceptors (Lipinski definition) is 2. The van der Waals surface area contributed by atoms with Crippen molar-refractivity contribution in [3.63, 3.8) is 0 Å². The summed E-state index contributed by atoms with van der Waals surface area (Å²) in [6, 6.07) is 5.24. The number of carbonyl (C=O) groups excluding carboxylic acids is 1. The number of aliphatic hydroxyl groups is 1. The highest BCUT2D eigenvalue weighted by molar-refractivity contribution is 6.32. The summed E-state index contributed by atoms with van der Waals surface area (Å²) < 4.78 is 0. The Balaban J connectivity index is 2.84. The van der Waals surface area contributed by atoms with E-state index in [0.717, 1.165) is 6.42 Å². The van der Waals surface area contributed by atoms with Gasteiger partial charge >= 0.3 is 0 Å². The van der Waals surface area contributed by atoms with E-state index in [2.05, 4.69) is 37.9 Å². The highest BCUT2D eigenvalue weighted by atomic mass is 35.5. The number of rotatable bonds is 5. The van der Waals surface area contributed by atoms with Gasteiger partial charge in [0.1, 0.15) is 0 Å². The van der Waals surface area contributed by atoms with Crippen molar-refractivity contribution >= 4 is 17.5 Å². The van der Waals surface area contributed by atoms with Crippen LogP contribution in [0.15, 0.2) is 18.2 Å². The van der Waals surface area contributed by atoms with Crippen molar-refractivity contribution in [2.24, 2.45) is 5.92 Å². The fourth-order valence-corrected chi connectivity index (χ4v) is 2.19. The summed E-state index contributed by atoms with van der Waals surface area (Å²) in [4.78, 5) is 12.2. The summed E-state index contributed by atoms with van der Waals surface area (Å²) in [7, 11) is 0. The zero-order valence-corrected chi connectivity index (χ0v) is 13.5. The Morgan fingerprint density at radius 1 is 1.43 bits per heavy atom. The number of nitrogens with one attached hydrogen (secondary N) is 1. The fraction of sp³-hybridized carbons (Fsp3) is 0.471. The standard InChI is InChI=1S/C17H22ClNO2/c1-4-16(12(2)3)19-17(21)14-9-8-13(15(18)11-14)7-5-6-10-20/h8-9,11-12,16,20H,4,6,10H2,1-3H3,(H,19,21). The molecular formula is C17H22ClNO2. The molecule has 0 radical (unpaired) electrons. The normalized spacial score (nSPS) is 11.7. The van der Waals surface area contributed by atoms with Crippen molar-refractivity contribution in [2.45, 2.75) is 39.7 Å². The summed E-state index contributed by atoms with van der Waals surface area (Å²) in [5.41, 5.74) is 1.20. The smallest absolute Gasteiger partial charge is 0.251 e. The van der Waals surface area contributed by atoms with E-state index in [4.69, 9.17) is 16.7 Å². The molecule has 0 saturated heterocycles. The van der Waals surface area contributed by atoms with Gasteiger partial charge in [0.2, 0.25) is 0 Å². The highest BCUT2D eigenvalue weighted by Crippen LogP contribution is 2.17. The van der Waals surface area contributed by atoms with Crippen molar-refractivity contribution in [1.82, 2.24) is 5.32 Å². The molecule has 0 bridgehead atoms. The first-order valence-corrected chi connectivity index (χ1v) is 7.57. The Bertz CT molecular complexity index is 543. The van der Waals surface area contributed by atoms with E-state index >= 15 is 0 Å². The maximum atomic E-state index is 12.2. The molecule has 1 amide bonds. The molecule has 0 heterocycles. The highest BCUT2D eigenvalue weighted by Gasteiger charge is 2.15. The second kappa shape index (κ2) is 8.71. The van der Waals surface area contributed by atoms with Crippen LogP contribution in [0.2, 0.25) is 5.02 Å². The molecule has 0 aliphatic heterocycles. The molecule has 0 spiro atoms.